The zero-order valence-corrected chi connectivity index (χ0v) is 10.0. The second kappa shape index (κ2) is 4.95. The highest BCUT2D eigenvalue weighted by Gasteiger charge is 2.32. The van der Waals surface area contributed by atoms with Gasteiger partial charge in [-0.2, -0.15) is 0 Å². The van der Waals surface area contributed by atoms with Crippen LogP contribution in [0, 0.1) is 23.7 Å². The molecule has 1 saturated carbocycles. The Labute approximate surface area is 88.3 Å². The molecule has 1 fully saturated rings. The summed E-state index contributed by atoms with van der Waals surface area (Å²) in [5.74, 6) is 3.00. The lowest BCUT2D eigenvalue weighted by Gasteiger charge is -2.33. The van der Waals surface area contributed by atoms with Crippen LogP contribution in [0.5, 0.6) is 0 Å². The molecule has 0 aliphatic heterocycles. The van der Waals surface area contributed by atoms with Gasteiger partial charge < -0.3 is 0 Å². The molecule has 1 aliphatic rings. The van der Waals surface area contributed by atoms with Crippen molar-refractivity contribution in [1.82, 2.24) is 0 Å². The number of rotatable bonds is 3. The molecule has 1 aliphatic carbocycles. The van der Waals surface area contributed by atoms with Gasteiger partial charge in [0.1, 0.15) is 5.78 Å². The minimum Gasteiger partial charge on any atom is -0.299 e. The van der Waals surface area contributed by atoms with Crippen molar-refractivity contribution in [2.45, 2.75) is 53.4 Å². The first kappa shape index (κ1) is 11.7. The minimum atomic E-state index is 0.362. The van der Waals surface area contributed by atoms with Gasteiger partial charge in [-0.1, -0.05) is 34.1 Å². The largest absolute Gasteiger partial charge is 0.299 e. The summed E-state index contributed by atoms with van der Waals surface area (Å²) in [6.45, 7) is 8.99. The Kier molecular flexibility index (Phi) is 4.15. The van der Waals surface area contributed by atoms with E-state index in [4.69, 9.17) is 0 Å². The Morgan fingerprint density at radius 2 is 2.00 bits per heavy atom. The Balaban J connectivity index is 2.59. The van der Waals surface area contributed by atoms with Crippen LogP contribution in [-0.4, -0.2) is 5.78 Å². The lowest BCUT2D eigenvalue weighted by atomic mass is 9.71. The quantitative estimate of drug-likeness (QED) is 0.673. The van der Waals surface area contributed by atoms with Gasteiger partial charge >= 0.3 is 0 Å². The molecule has 0 saturated heterocycles. The fourth-order valence-electron chi connectivity index (χ4n) is 2.53. The van der Waals surface area contributed by atoms with Crippen molar-refractivity contribution >= 4 is 5.78 Å². The highest BCUT2D eigenvalue weighted by Crippen LogP contribution is 2.36. The van der Waals surface area contributed by atoms with E-state index in [1.54, 1.807) is 0 Å². The summed E-state index contributed by atoms with van der Waals surface area (Å²) in [6, 6.07) is 0. The summed E-state index contributed by atoms with van der Waals surface area (Å²) in [5.41, 5.74) is 0. The second-order valence-corrected chi connectivity index (χ2v) is 5.24. The standard InChI is InChI=1S/C13H24O/c1-5-10(4)12-8-11(9(2)3)6-7-13(12)14/h9-12H,5-8H2,1-4H3. The number of ketones is 1. The van der Waals surface area contributed by atoms with Crippen molar-refractivity contribution in [2.75, 3.05) is 0 Å². The first-order valence-corrected chi connectivity index (χ1v) is 6.09. The molecular formula is C13H24O. The SMILES string of the molecule is CCC(C)C1CC(C(C)C)CCC1=O. The average molecular weight is 196 g/mol. The van der Waals surface area contributed by atoms with Crippen LogP contribution in [0.1, 0.15) is 53.4 Å². The van der Waals surface area contributed by atoms with Crippen LogP contribution in [0.2, 0.25) is 0 Å². The second-order valence-electron chi connectivity index (χ2n) is 5.24. The van der Waals surface area contributed by atoms with E-state index in [9.17, 15) is 4.79 Å². The Hall–Kier alpha value is -0.330. The molecule has 3 atom stereocenters. The molecule has 0 bridgehead atoms. The summed E-state index contributed by atoms with van der Waals surface area (Å²) in [7, 11) is 0. The molecule has 0 spiro atoms. The van der Waals surface area contributed by atoms with E-state index < -0.39 is 0 Å². The number of carbonyl (C=O) groups excluding carboxylic acids is 1. The van der Waals surface area contributed by atoms with E-state index in [1.165, 1.54) is 0 Å². The van der Waals surface area contributed by atoms with E-state index in [1.807, 2.05) is 0 Å². The molecule has 0 amide bonds. The highest BCUT2D eigenvalue weighted by atomic mass is 16.1. The van der Waals surface area contributed by atoms with Crippen molar-refractivity contribution in [3.05, 3.63) is 0 Å². The molecule has 0 heterocycles. The molecular weight excluding hydrogens is 172 g/mol. The Morgan fingerprint density at radius 1 is 1.36 bits per heavy atom. The molecule has 82 valence electrons. The molecule has 3 unspecified atom stereocenters. The molecule has 0 aromatic heterocycles. The number of hydrogen-bond acceptors (Lipinski definition) is 1. The third-order valence-corrected chi connectivity index (χ3v) is 4.01. The predicted molar refractivity (Wildman–Crippen MR) is 60.1 cm³/mol. The molecule has 14 heavy (non-hydrogen) atoms. The molecule has 1 nitrogen and oxygen atoms in total. The van der Waals surface area contributed by atoms with Crippen LogP contribution in [0.25, 0.3) is 0 Å². The molecule has 1 heteroatoms. The Morgan fingerprint density at radius 3 is 2.50 bits per heavy atom. The van der Waals surface area contributed by atoms with E-state index in [0.29, 0.717) is 17.6 Å². The first-order valence-electron chi connectivity index (χ1n) is 6.09. The van der Waals surface area contributed by atoms with Crippen molar-refractivity contribution in [3.63, 3.8) is 0 Å². The summed E-state index contributed by atoms with van der Waals surface area (Å²) >= 11 is 0. The zero-order valence-electron chi connectivity index (χ0n) is 10.0. The maximum absolute atomic E-state index is 11.8. The summed E-state index contributed by atoms with van der Waals surface area (Å²) in [5, 5.41) is 0. The van der Waals surface area contributed by atoms with E-state index in [2.05, 4.69) is 27.7 Å². The van der Waals surface area contributed by atoms with Gasteiger partial charge in [-0.15, -0.1) is 0 Å². The third-order valence-electron chi connectivity index (χ3n) is 4.01. The van der Waals surface area contributed by atoms with Crippen molar-refractivity contribution in [1.29, 1.82) is 0 Å². The van der Waals surface area contributed by atoms with Gasteiger partial charge in [0.15, 0.2) is 0 Å². The topological polar surface area (TPSA) is 17.1 Å². The van der Waals surface area contributed by atoms with Crippen LogP contribution in [0.15, 0.2) is 0 Å². The van der Waals surface area contributed by atoms with Crippen LogP contribution in [-0.2, 0) is 4.79 Å². The third kappa shape index (κ3) is 2.59. The van der Waals surface area contributed by atoms with E-state index in [-0.39, 0.29) is 0 Å². The number of Topliss-reactive ketones (excluding diaryl/α,β-unsaturated/α-hetero) is 1. The van der Waals surface area contributed by atoms with Gasteiger partial charge in [0.2, 0.25) is 0 Å². The monoisotopic (exact) mass is 196 g/mol. The first-order chi connectivity index (χ1) is 6.56. The van der Waals surface area contributed by atoms with Gasteiger partial charge in [-0.25, -0.2) is 0 Å². The molecule has 0 aromatic carbocycles. The Bertz CT molecular complexity index is 195. The molecule has 1 rings (SSSR count). The van der Waals surface area contributed by atoms with Crippen molar-refractivity contribution in [2.24, 2.45) is 23.7 Å². The maximum atomic E-state index is 11.8. The normalized spacial score (nSPS) is 30.8. The predicted octanol–water partition coefficient (Wildman–Crippen LogP) is 3.67. The van der Waals surface area contributed by atoms with Gasteiger partial charge in [-0.3, -0.25) is 4.79 Å². The summed E-state index contributed by atoms with van der Waals surface area (Å²) < 4.78 is 0. The number of carbonyl (C=O) groups is 1. The van der Waals surface area contributed by atoms with Crippen LogP contribution in [0.3, 0.4) is 0 Å². The minimum absolute atomic E-state index is 0.362. The smallest absolute Gasteiger partial charge is 0.136 e. The van der Waals surface area contributed by atoms with E-state index >= 15 is 0 Å². The molecule has 0 radical (unpaired) electrons. The summed E-state index contributed by atoms with van der Waals surface area (Å²) in [4.78, 5) is 11.8. The van der Waals surface area contributed by atoms with Gasteiger partial charge in [0.25, 0.3) is 0 Å². The lowest BCUT2D eigenvalue weighted by Crippen LogP contribution is -2.31. The van der Waals surface area contributed by atoms with Crippen LogP contribution in [0.4, 0.5) is 0 Å². The molecule has 0 aromatic rings. The van der Waals surface area contributed by atoms with Crippen LogP contribution < -0.4 is 0 Å². The van der Waals surface area contributed by atoms with Crippen molar-refractivity contribution < 1.29 is 4.79 Å². The fraction of sp³-hybridized carbons (Fsp3) is 0.923. The lowest BCUT2D eigenvalue weighted by molar-refractivity contribution is -0.127. The summed E-state index contributed by atoms with van der Waals surface area (Å²) in [6.07, 6.45) is 4.24. The van der Waals surface area contributed by atoms with Gasteiger partial charge in [0, 0.05) is 12.3 Å². The fourth-order valence-corrected chi connectivity index (χ4v) is 2.53. The van der Waals surface area contributed by atoms with Gasteiger partial charge in [0.05, 0.1) is 0 Å². The van der Waals surface area contributed by atoms with Gasteiger partial charge in [-0.05, 0) is 30.6 Å². The van der Waals surface area contributed by atoms with Crippen LogP contribution >= 0.6 is 0 Å². The average Bonchev–Trinajstić information content (AvgIpc) is 2.17. The molecule has 0 N–H and O–H groups in total. The zero-order chi connectivity index (χ0) is 10.7. The number of hydrogen-bond donors (Lipinski definition) is 0. The highest BCUT2D eigenvalue weighted by molar-refractivity contribution is 5.82. The van der Waals surface area contributed by atoms with Crippen molar-refractivity contribution in [3.8, 4) is 0 Å². The van der Waals surface area contributed by atoms with E-state index in [0.717, 1.165) is 37.5 Å². The maximum Gasteiger partial charge on any atom is 0.136 e.